The Bertz CT molecular complexity index is 606. The summed E-state index contributed by atoms with van der Waals surface area (Å²) in [7, 11) is 0. The first kappa shape index (κ1) is 15.6. The fourth-order valence-corrected chi connectivity index (χ4v) is 5.17. The standard InChI is InChI=1S/C20H29NO/c1-13(2)14-6-8-16-15(12-14)7-9-17-19(16,3)10-5-11-20(17,4)18(21)22/h6,8,12-13,17H,5,7,9-11H2,1-4H3,(H2,21,22)/t17-,19-,20+/m0/s1. The molecule has 2 N–H and O–H groups in total. The van der Waals surface area contributed by atoms with E-state index in [0.717, 1.165) is 25.7 Å². The number of aryl methyl sites for hydroxylation is 1. The van der Waals surface area contributed by atoms with E-state index in [1.807, 2.05) is 0 Å². The lowest BCUT2D eigenvalue weighted by Gasteiger charge is -2.54. The molecular weight excluding hydrogens is 270 g/mol. The first-order valence-electron chi connectivity index (χ1n) is 8.72. The van der Waals surface area contributed by atoms with Crippen molar-refractivity contribution in [2.45, 2.75) is 71.1 Å². The lowest BCUT2D eigenvalue weighted by molar-refractivity contribution is -0.135. The summed E-state index contributed by atoms with van der Waals surface area (Å²) < 4.78 is 0. The van der Waals surface area contributed by atoms with Gasteiger partial charge in [-0.25, -0.2) is 0 Å². The highest BCUT2D eigenvalue weighted by Gasteiger charge is 2.54. The molecule has 0 heterocycles. The van der Waals surface area contributed by atoms with Crippen LogP contribution in [0.2, 0.25) is 0 Å². The molecule has 1 fully saturated rings. The second-order valence-electron chi connectivity index (χ2n) is 8.22. The number of amides is 1. The van der Waals surface area contributed by atoms with Gasteiger partial charge in [-0.3, -0.25) is 4.79 Å². The van der Waals surface area contributed by atoms with Gasteiger partial charge in [-0.05, 0) is 59.6 Å². The summed E-state index contributed by atoms with van der Waals surface area (Å²) in [6.45, 7) is 8.97. The van der Waals surface area contributed by atoms with E-state index in [2.05, 4.69) is 45.9 Å². The molecule has 0 bridgehead atoms. The number of primary amides is 1. The van der Waals surface area contributed by atoms with E-state index in [9.17, 15) is 4.79 Å². The normalized spacial score (nSPS) is 34.1. The molecule has 0 aliphatic heterocycles. The molecule has 2 aliphatic rings. The van der Waals surface area contributed by atoms with E-state index in [4.69, 9.17) is 5.73 Å². The maximum Gasteiger partial charge on any atom is 0.223 e. The summed E-state index contributed by atoms with van der Waals surface area (Å²) in [6.07, 6.45) is 5.39. The van der Waals surface area contributed by atoms with E-state index >= 15 is 0 Å². The fourth-order valence-electron chi connectivity index (χ4n) is 5.17. The highest BCUT2D eigenvalue weighted by atomic mass is 16.1. The number of benzene rings is 1. The minimum Gasteiger partial charge on any atom is -0.369 e. The predicted molar refractivity (Wildman–Crippen MR) is 90.8 cm³/mol. The molecule has 0 radical (unpaired) electrons. The summed E-state index contributed by atoms with van der Waals surface area (Å²) in [4.78, 5) is 12.2. The van der Waals surface area contributed by atoms with Gasteiger partial charge in [-0.15, -0.1) is 0 Å². The quantitative estimate of drug-likeness (QED) is 0.869. The molecule has 2 aliphatic carbocycles. The van der Waals surface area contributed by atoms with Gasteiger partial charge in [0, 0.05) is 5.41 Å². The van der Waals surface area contributed by atoms with Crippen LogP contribution in [0.25, 0.3) is 0 Å². The summed E-state index contributed by atoms with van der Waals surface area (Å²) in [5.74, 6) is 0.840. The average Bonchev–Trinajstić information content (AvgIpc) is 2.46. The SMILES string of the molecule is CC(C)c1ccc2c(c1)CC[C@@H]1[C@](C)(C(N)=O)CCC[C@@]21C. The van der Waals surface area contributed by atoms with Gasteiger partial charge >= 0.3 is 0 Å². The number of hydrogen-bond donors (Lipinski definition) is 1. The number of hydrogen-bond acceptors (Lipinski definition) is 1. The number of fused-ring (bicyclic) bond motifs is 3. The average molecular weight is 299 g/mol. The van der Waals surface area contributed by atoms with Gasteiger partial charge in [-0.2, -0.15) is 0 Å². The van der Waals surface area contributed by atoms with Gasteiger partial charge in [0.25, 0.3) is 0 Å². The molecule has 3 atom stereocenters. The molecular formula is C20H29NO. The molecule has 2 heteroatoms. The Balaban J connectivity index is 2.08. The summed E-state index contributed by atoms with van der Waals surface area (Å²) in [6, 6.07) is 7.02. The molecule has 1 aromatic rings. The molecule has 1 saturated carbocycles. The van der Waals surface area contributed by atoms with Crippen molar-refractivity contribution in [3.63, 3.8) is 0 Å². The largest absolute Gasteiger partial charge is 0.369 e. The lowest BCUT2D eigenvalue weighted by atomic mass is 9.49. The third kappa shape index (κ3) is 2.11. The molecule has 1 amide bonds. The van der Waals surface area contributed by atoms with Crippen LogP contribution in [-0.2, 0) is 16.6 Å². The van der Waals surface area contributed by atoms with Gasteiger partial charge in [-0.1, -0.05) is 52.3 Å². The van der Waals surface area contributed by atoms with Crippen LogP contribution in [0.3, 0.4) is 0 Å². The van der Waals surface area contributed by atoms with E-state index in [0.29, 0.717) is 11.8 Å². The smallest absolute Gasteiger partial charge is 0.223 e. The van der Waals surface area contributed by atoms with Gasteiger partial charge in [0.05, 0.1) is 0 Å². The van der Waals surface area contributed by atoms with E-state index in [1.54, 1.807) is 0 Å². The molecule has 0 spiro atoms. The van der Waals surface area contributed by atoms with Crippen molar-refractivity contribution in [1.82, 2.24) is 0 Å². The number of rotatable bonds is 2. The monoisotopic (exact) mass is 299 g/mol. The Hall–Kier alpha value is -1.31. The Morgan fingerprint density at radius 1 is 1.27 bits per heavy atom. The van der Waals surface area contributed by atoms with E-state index in [1.165, 1.54) is 23.1 Å². The van der Waals surface area contributed by atoms with Gasteiger partial charge < -0.3 is 5.73 Å². The van der Waals surface area contributed by atoms with Crippen molar-refractivity contribution in [3.05, 3.63) is 34.9 Å². The van der Waals surface area contributed by atoms with Crippen LogP contribution in [0, 0.1) is 11.3 Å². The summed E-state index contributed by atoms with van der Waals surface area (Å²) in [5.41, 5.74) is 9.97. The Kier molecular flexibility index (Phi) is 3.62. The predicted octanol–water partition coefficient (Wildman–Crippen LogP) is 4.31. The zero-order valence-corrected chi connectivity index (χ0v) is 14.4. The Morgan fingerprint density at radius 2 is 2.00 bits per heavy atom. The van der Waals surface area contributed by atoms with Crippen molar-refractivity contribution < 1.29 is 4.79 Å². The minimum atomic E-state index is -0.346. The van der Waals surface area contributed by atoms with E-state index < -0.39 is 0 Å². The Morgan fingerprint density at radius 3 is 2.64 bits per heavy atom. The summed E-state index contributed by atoms with van der Waals surface area (Å²) >= 11 is 0. The number of nitrogens with two attached hydrogens (primary N) is 1. The first-order valence-corrected chi connectivity index (χ1v) is 8.72. The second-order valence-corrected chi connectivity index (χ2v) is 8.22. The number of carbonyl (C=O) groups is 1. The molecule has 3 rings (SSSR count). The highest BCUT2D eigenvalue weighted by molar-refractivity contribution is 5.81. The van der Waals surface area contributed by atoms with Gasteiger partial charge in [0.1, 0.15) is 0 Å². The van der Waals surface area contributed by atoms with Crippen molar-refractivity contribution in [1.29, 1.82) is 0 Å². The van der Waals surface area contributed by atoms with Crippen molar-refractivity contribution in [2.24, 2.45) is 17.1 Å². The summed E-state index contributed by atoms with van der Waals surface area (Å²) in [5, 5.41) is 0. The third-order valence-electron chi connectivity index (χ3n) is 6.61. The van der Waals surface area contributed by atoms with Crippen molar-refractivity contribution in [3.8, 4) is 0 Å². The topological polar surface area (TPSA) is 43.1 Å². The maximum atomic E-state index is 12.2. The van der Waals surface area contributed by atoms with Crippen LogP contribution in [-0.4, -0.2) is 5.91 Å². The van der Waals surface area contributed by atoms with Crippen molar-refractivity contribution in [2.75, 3.05) is 0 Å². The zero-order chi connectivity index (χ0) is 16.1. The molecule has 1 aromatic carbocycles. The zero-order valence-electron chi connectivity index (χ0n) is 14.4. The Labute approximate surface area is 134 Å². The minimum absolute atomic E-state index is 0.102. The molecule has 0 saturated heterocycles. The van der Waals surface area contributed by atoms with Gasteiger partial charge in [0.15, 0.2) is 0 Å². The second kappa shape index (κ2) is 5.11. The molecule has 0 unspecified atom stereocenters. The van der Waals surface area contributed by atoms with Crippen LogP contribution in [0.15, 0.2) is 18.2 Å². The fraction of sp³-hybridized carbons (Fsp3) is 0.650. The molecule has 120 valence electrons. The van der Waals surface area contributed by atoms with Gasteiger partial charge in [0.2, 0.25) is 5.91 Å². The highest BCUT2D eigenvalue weighted by Crippen LogP contribution is 2.57. The van der Waals surface area contributed by atoms with Crippen molar-refractivity contribution >= 4 is 5.91 Å². The number of carbonyl (C=O) groups excluding carboxylic acids is 1. The molecule has 0 aromatic heterocycles. The van der Waals surface area contributed by atoms with Crippen LogP contribution < -0.4 is 5.73 Å². The molecule has 2 nitrogen and oxygen atoms in total. The van der Waals surface area contributed by atoms with Crippen LogP contribution in [0.4, 0.5) is 0 Å². The first-order chi connectivity index (χ1) is 10.3. The van der Waals surface area contributed by atoms with Crippen LogP contribution >= 0.6 is 0 Å². The maximum absolute atomic E-state index is 12.2. The lowest BCUT2D eigenvalue weighted by Crippen LogP contribution is -2.54. The third-order valence-corrected chi connectivity index (χ3v) is 6.61. The van der Waals surface area contributed by atoms with E-state index in [-0.39, 0.29) is 16.7 Å². The van der Waals surface area contributed by atoms with Crippen LogP contribution in [0.5, 0.6) is 0 Å². The van der Waals surface area contributed by atoms with Crippen LogP contribution in [0.1, 0.15) is 76.0 Å². The molecule has 22 heavy (non-hydrogen) atoms.